The normalized spacial score (nSPS) is 11.9. The van der Waals surface area contributed by atoms with Crippen LogP contribution in [-0.4, -0.2) is 22.0 Å². The largest absolute Gasteiger partial charge is 0.416 e. The first-order chi connectivity index (χ1) is 10.7. The fourth-order valence-corrected chi connectivity index (χ4v) is 2.12. The molecular formula is C13H12ClF3N6. The fourth-order valence-electron chi connectivity index (χ4n) is 1.80. The molecule has 1 heterocycles. The van der Waals surface area contributed by atoms with Crippen LogP contribution in [0.4, 0.5) is 13.2 Å². The standard InChI is InChI=1S/C13H12ClF3N6/c1-7-10(6-20-21-12(18)19)11(14)23(22-7)9-4-2-3-8(5-9)13(15,16)17/h2-6H,1H3,(H4,18,19,21)/b20-6+. The van der Waals surface area contributed by atoms with E-state index >= 15 is 0 Å². The maximum Gasteiger partial charge on any atom is 0.416 e. The number of hydrogen-bond donors (Lipinski definition) is 2. The quantitative estimate of drug-likeness (QED) is 0.508. The lowest BCUT2D eigenvalue weighted by atomic mass is 10.2. The highest BCUT2D eigenvalue weighted by Gasteiger charge is 2.30. The molecule has 6 nitrogen and oxygen atoms in total. The Morgan fingerprint density at radius 3 is 2.65 bits per heavy atom. The van der Waals surface area contributed by atoms with Gasteiger partial charge in [0.05, 0.1) is 28.7 Å². The van der Waals surface area contributed by atoms with Crippen LogP contribution in [0.25, 0.3) is 5.69 Å². The number of alkyl halides is 3. The summed E-state index contributed by atoms with van der Waals surface area (Å²) in [5.41, 5.74) is 10.5. The fraction of sp³-hybridized carbons (Fsp3) is 0.154. The molecule has 1 aromatic carbocycles. The van der Waals surface area contributed by atoms with Crippen molar-refractivity contribution in [3.8, 4) is 5.69 Å². The van der Waals surface area contributed by atoms with E-state index in [2.05, 4.69) is 15.3 Å². The van der Waals surface area contributed by atoms with Crippen molar-refractivity contribution in [2.45, 2.75) is 13.1 Å². The van der Waals surface area contributed by atoms with Crippen molar-refractivity contribution in [1.29, 1.82) is 0 Å². The van der Waals surface area contributed by atoms with Gasteiger partial charge in [0.25, 0.3) is 0 Å². The predicted octanol–water partition coefficient (Wildman–Crippen LogP) is 2.46. The first kappa shape index (κ1) is 16.8. The third-order valence-electron chi connectivity index (χ3n) is 2.83. The van der Waals surface area contributed by atoms with Crippen LogP contribution in [0.15, 0.2) is 34.5 Å². The average Bonchev–Trinajstić information content (AvgIpc) is 2.74. The second-order valence-electron chi connectivity index (χ2n) is 4.52. The lowest BCUT2D eigenvalue weighted by molar-refractivity contribution is -0.137. The zero-order valence-corrected chi connectivity index (χ0v) is 12.6. The van der Waals surface area contributed by atoms with Gasteiger partial charge in [0.1, 0.15) is 5.15 Å². The molecule has 0 spiro atoms. The number of hydrogen-bond acceptors (Lipinski definition) is 3. The molecule has 23 heavy (non-hydrogen) atoms. The molecule has 2 rings (SSSR count). The molecule has 2 aromatic rings. The summed E-state index contributed by atoms with van der Waals surface area (Å²) in [6, 6.07) is 4.66. The van der Waals surface area contributed by atoms with Crippen LogP contribution in [0.3, 0.4) is 0 Å². The number of nitrogens with two attached hydrogens (primary N) is 2. The van der Waals surface area contributed by atoms with Gasteiger partial charge in [-0.2, -0.15) is 23.4 Å². The van der Waals surface area contributed by atoms with Crippen molar-refractivity contribution < 1.29 is 13.2 Å². The van der Waals surface area contributed by atoms with E-state index < -0.39 is 11.7 Å². The van der Waals surface area contributed by atoms with Gasteiger partial charge in [-0.3, -0.25) is 0 Å². The summed E-state index contributed by atoms with van der Waals surface area (Å²) in [4.78, 5) is 0. The van der Waals surface area contributed by atoms with Crippen molar-refractivity contribution in [2.24, 2.45) is 21.7 Å². The van der Waals surface area contributed by atoms with Crippen LogP contribution >= 0.6 is 11.6 Å². The summed E-state index contributed by atoms with van der Waals surface area (Å²) in [5.74, 6) is -0.236. The maximum atomic E-state index is 12.8. The van der Waals surface area contributed by atoms with E-state index in [4.69, 9.17) is 23.1 Å². The SMILES string of the molecule is Cc1nn(-c2cccc(C(F)(F)F)c2)c(Cl)c1/C=N/N=C(N)N. The molecule has 0 radical (unpaired) electrons. The van der Waals surface area contributed by atoms with Gasteiger partial charge in [0.15, 0.2) is 0 Å². The summed E-state index contributed by atoms with van der Waals surface area (Å²) in [6.45, 7) is 1.63. The Bertz CT molecular complexity index is 775. The smallest absolute Gasteiger partial charge is 0.369 e. The Kier molecular flexibility index (Phi) is 4.60. The minimum atomic E-state index is -4.46. The van der Waals surface area contributed by atoms with Crippen LogP contribution in [0.1, 0.15) is 16.8 Å². The van der Waals surface area contributed by atoms with E-state index in [0.717, 1.165) is 12.1 Å². The molecule has 0 amide bonds. The van der Waals surface area contributed by atoms with Gasteiger partial charge < -0.3 is 11.5 Å². The number of aromatic nitrogens is 2. The van der Waals surface area contributed by atoms with E-state index in [1.165, 1.54) is 23.0 Å². The van der Waals surface area contributed by atoms with Crippen LogP contribution in [0.5, 0.6) is 0 Å². The number of nitrogens with zero attached hydrogens (tertiary/aromatic N) is 4. The highest BCUT2D eigenvalue weighted by molar-refractivity contribution is 6.32. The number of aryl methyl sites for hydroxylation is 1. The van der Waals surface area contributed by atoms with Gasteiger partial charge in [0, 0.05) is 0 Å². The molecule has 0 bridgehead atoms. The number of rotatable bonds is 3. The van der Waals surface area contributed by atoms with E-state index in [1.807, 2.05) is 0 Å². The lowest BCUT2D eigenvalue weighted by Crippen LogP contribution is -2.21. The molecule has 0 saturated carbocycles. The van der Waals surface area contributed by atoms with E-state index in [-0.39, 0.29) is 16.8 Å². The van der Waals surface area contributed by atoms with Crippen molar-refractivity contribution in [3.63, 3.8) is 0 Å². The highest BCUT2D eigenvalue weighted by Crippen LogP contribution is 2.31. The number of guanidine groups is 1. The Morgan fingerprint density at radius 2 is 2.04 bits per heavy atom. The Morgan fingerprint density at radius 1 is 1.35 bits per heavy atom. The van der Waals surface area contributed by atoms with E-state index in [9.17, 15) is 13.2 Å². The molecule has 0 unspecified atom stereocenters. The van der Waals surface area contributed by atoms with E-state index in [0.29, 0.717) is 11.3 Å². The second kappa shape index (κ2) is 6.29. The van der Waals surface area contributed by atoms with Crippen molar-refractivity contribution in [2.75, 3.05) is 0 Å². The van der Waals surface area contributed by atoms with Gasteiger partial charge in [-0.15, -0.1) is 5.10 Å². The van der Waals surface area contributed by atoms with Gasteiger partial charge in [-0.1, -0.05) is 17.7 Å². The third kappa shape index (κ3) is 3.81. The number of halogens is 4. The average molecular weight is 345 g/mol. The van der Waals surface area contributed by atoms with Gasteiger partial charge in [-0.05, 0) is 25.1 Å². The minimum Gasteiger partial charge on any atom is -0.369 e. The summed E-state index contributed by atoms with van der Waals surface area (Å²) in [5, 5.41) is 11.3. The summed E-state index contributed by atoms with van der Waals surface area (Å²) < 4.78 is 39.5. The molecule has 0 aliphatic carbocycles. The molecule has 0 atom stereocenters. The van der Waals surface area contributed by atoms with E-state index in [1.54, 1.807) is 6.92 Å². The third-order valence-corrected chi connectivity index (χ3v) is 3.19. The molecular weight excluding hydrogens is 333 g/mol. The van der Waals surface area contributed by atoms with Crippen LogP contribution in [0, 0.1) is 6.92 Å². The lowest BCUT2D eigenvalue weighted by Gasteiger charge is -2.09. The Hall–Kier alpha value is -2.55. The first-order valence-corrected chi connectivity index (χ1v) is 6.62. The monoisotopic (exact) mass is 344 g/mol. The molecule has 0 saturated heterocycles. The maximum absolute atomic E-state index is 12.8. The molecule has 1 aromatic heterocycles. The summed E-state index contributed by atoms with van der Waals surface area (Å²) in [7, 11) is 0. The van der Waals surface area contributed by atoms with Crippen molar-refractivity contribution >= 4 is 23.8 Å². The minimum absolute atomic E-state index is 0.0939. The van der Waals surface area contributed by atoms with Gasteiger partial charge in [-0.25, -0.2) is 4.68 Å². The second-order valence-corrected chi connectivity index (χ2v) is 4.88. The topological polar surface area (TPSA) is 94.6 Å². The predicted molar refractivity (Wildman–Crippen MR) is 81.7 cm³/mol. The molecule has 122 valence electrons. The summed E-state index contributed by atoms with van der Waals surface area (Å²) in [6.07, 6.45) is -3.18. The molecule has 0 fully saturated rings. The van der Waals surface area contributed by atoms with Crippen LogP contribution in [-0.2, 0) is 6.18 Å². The highest BCUT2D eigenvalue weighted by atomic mass is 35.5. The summed E-state index contributed by atoms with van der Waals surface area (Å²) >= 11 is 6.16. The van der Waals surface area contributed by atoms with Gasteiger partial charge in [0.2, 0.25) is 5.96 Å². The molecule has 0 aliphatic heterocycles. The van der Waals surface area contributed by atoms with Crippen LogP contribution < -0.4 is 11.5 Å². The zero-order valence-electron chi connectivity index (χ0n) is 11.8. The first-order valence-electron chi connectivity index (χ1n) is 6.25. The zero-order chi connectivity index (χ0) is 17.2. The van der Waals surface area contributed by atoms with Crippen molar-refractivity contribution in [1.82, 2.24) is 9.78 Å². The molecule has 4 N–H and O–H groups in total. The van der Waals surface area contributed by atoms with Crippen molar-refractivity contribution in [3.05, 3.63) is 46.2 Å². The van der Waals surface area contributed by atoms with Crippen LogP contribution in [0.2, 0.25) is 5.15 Å². The van der Waals surface area contributed by atoms with Gasteiger partial charge >= 0.3 is 6.18 Å². The molecule has 0 aliphatic rings. The molecule has 10 heteroatoms. The number of benzene rings is 1. The Labute approximate surface area is 134 Å². The Balaban J connectivity index is 2.46.